The quantitative estimate of drug-likeness (QED) is 0.855. The maximum absolute atomic E-state index is 11.6. The van der Waals surface area contributed by atoms with E-state index in [0.29, 0.717) is 24.7 Å². The molecule has 0 aliphatic carbocycles. The summed E-state index contributed by atoms with van der Waals surface area (Å²) < 4.78 is 5.44. The first kappa shape index (κ1) is 13.3. The molecule has 2 rings (SSSR count). The first-order valence-electron chi connectivity index (χ1n) is 6.21. The van der Waals surface area contributed by atoms with Crippen LogP contribution in [0, 0.1) is 0 Å². The third kappa shape index (κ3) is 3.42. The number of H-pyrrole nitrogens is 1. The number of rotatable bonds is 5. The van der Waals surface area contributed by atoms with Crippen LogP contribution in [0.3, 0.4) is 0 Å². The molecule has 2 N–H and O–H groups in total. The van der Waals surface area contributed by atoms with Crippen LogP contribution in [0.25, 0.3) is 11.4 Å². The van der Waals surface area contributed by atoms with Crippen molar-refractivity contribution in [1.82, 2.24) is 15.3 Å². The van der Waals surface area contributed by atoms with Gasteiger partial charge in [-0.2, -0.15) is 0 Å². The van der Waals surface area contributed by atoms with Gasteiger partial charge in [-0.1, -0.05) is 12.1 Å². The summed E-state index contributed by atoms with van der Waals surface area (Å²) in [6.07, 6.45) is 0. The van der Waals surface area contributed by atoms with Crippen molar-refractivity contribution in [2.45, 2.75) is 13.5 Å². The first-order chi connectivity index (χ1) is 9.22. The van der Waals surface area contributed by atoms with Gasteiger partial charge in [-0.15, -0.1) is 0 Å². The van der Waals surface area contributed by atoms with Crippen molar-refractivity contribution in [2.24, 2.45) is 0 Å². The van der Waals surface area contributed by atoms with Crippen molar-refractivity contribution in [1.29, 1.82) is 0 Å². The Morgan fingerprint density at radius 2 is 2.21 bits per heavy atom. The molecule has 0 aliphatic rings. The Bertz CT molecular complexity index is 608. The van der Waals surface area contributed by atoms with Crippen LogP contribution >= 0.6 is 0 Å². The predicted octanol–water partition coefficient (Wildman–Crippen LogP) is 1.55. The number of aromatic amines is 1. The lowest BCUT2D eigenvalue weighted by Gasteiger charge is -2.07. The van der Waals surface area contributed by atoms with Gasteiger partial charge in [0.25, 0.3) is 5.56 Å². The van der Waals surface area contributed by atoms with Crippen LogP contribution in [0.4, 0.5) is 0 Å². The van der Waals surface area contributed by atoms with Gasteiger partial charge in [0.2, 0.25) is 0 Å². The smallest absolute Gasteiger partial charge is 0.251 e. The number of hydrogen-bond donors (Lipinski definition) is 2. The molecule has 1 aromatic carbocycles. The monoisotopic (exact) mass is 259 g/mol. The van der Waals surface area contributed by atoms with E-state index in [2.05, 4.69) is 15.3 Å². The van der Waals surface area contributed by atoms with Crippen LogP contribution < -0.4 is 15.6 Å². The molecule has 0 saturated carbocycles. The van der Waals surface area contributed by atoms with Crippen molar-refractivity contribution in [3.05, 3.63) is 46.4 Å². The second-order valence-electron chi connectivity index (χ2n) is 4.08. The number of nitrogens with zero attached hydrogens (tertiary/aromatic N) is 1. The molecule has 0 unspecified atom stereocenters. The van der Waals surface area contributed by atoms with Crippen molar-refractivity contribution in [3.63, 3.8) is 0 Å². The molecule has 2 aromatic rings. The second kappa shape index (κ2) is 6.15. The molecular formula is C14H17N3O2. The molecule has 0 fully saturated rings. The topological polar surface area (TPSA) is 67.0 Å². The Hall–Kier alpha value is -2.14. The van der Waals surface area contributed by atoms with E-state index in [1.54, 1.807) is 0 Å². The van der Waals surface area contributed by atoms with Crippen LogP contribution in [0.2, 0.25) is 0 Å². The van der Waals surface area contributed by atoms with Crippen LogP contribution in [-0.4, -0.2) is 23.6 Å². The zero-order valence-electron chi connectivity index (χ0n) is 11.1. The normalized spacial score (nSPS) is 10.4. The zero-order chi connectivity index (χ0) is 13.7. The number of aromatic nitrogens is 2. The molecule has 1 aromatic heterocycles. The lowest BCUT2D eigenvalue weighted by Crippen LogP contribution is -2.14. The van der Waals surface area contributed by atoms with E-state index in [1.807, 2.05) is 38.2 Å². The van der Waals surface area contributed by atoms with Gasteiger partial charge in [0.05, 0.1) is 12.3 Å². The third-order valence-corrected chi connectivity index (χ3v) is 2.57. The minimum absolute atomic E-state index is 0.155. The molecular weight excluding hydrogens is 242 g/mol. The number of nitrogens with one attached hydrogen (secondary N) is 2. The minimum Gasteiger partial charge on any atom is -0.494 e. The number of ether oxygens (including phenoxy) is 1. The van der Waals surface area contributed by atoms with Gasteiger partial charge in [-0.05, 0) is 26.1 Å². The van der Waals surface area contributed by atoms with E-state index in [1.165, 1.54) is 6.07 Å². The third-order valence-electron chi connectivity index (χ3n) is 2.57. The van der Waals surface area contributed by atoms with Crippen LogP contribution in [0.15, 0.2) is 35.1 Å². The van der Waals surface area contributed by atoms with E-state index in [-0.39, 0.29) is 5.56 Å². The molecule has 0 aliphatic heterocycles. The fourth-order valence-corrected chi connectivity index (χ4v) is 1.82. The summed E-state index contributed by atoms with van der Waals surface area (Å²) in [6, 6.07) is 9.01. The fourth-order valence-electron chi connectivity index (χ4n) is 1.82. The average Bonchev–Trinajstić information content (AvgIpc) is 2.39. The predicted molar refractivity (Wildman–Crippen MR) is 74.2 cm³/mol. The van der Waals surface area contributed by atoms with Gasteiger partial charge in [0.1, 0.15) is 11.6 Å². The van der Waals surface area contributed by atoms with Gasteiger partial charge in [0, 0.05) is 18.2 Å². The van der Waals surface area contributed by atoms with Crippen LogP contribution in [0.1, 0.15) is 12.6 Å². The molecule has 1 heterocycles. The Kier molecular flexibility index (Phi) is 4.30. The van der Waals surface area contributed by atoms with Crippen molar-refractivity contribution in [2.75, 3.05) is 13.7 Å². The summed E-state index contributed by atoms with van der Waals surface area (Å²) in [5.74, 6) is 1.32. The molecule has 100 valence electrons. The van der Waals surface area contributed by atoms with Crippen LogP contribution in [-0.2, 0) is 6.54 Å². The summed E-state index contributed by atoms with van der Waals surface area (Å²) in [4.78, 5) is 18.8. The Morgan fingerprint density at radius 1 is 1.37 bits per heavy atom. The first-order valence-corrected chi connectivity index (χ1v) is 6.21. The maximum Gasteiger partial charge on any atom is 0.251 e. The molecule has 0 bridgehead atoms. The Labute approximate surface area is 111 Å². The highest BCUT2D eigenvalue weighted by atomic mass is 16.5. The molecule has 0 amide bonds. The highest BCUT2D eigenvalue weighted by Gasteiger charge is 2.05. The SMILES string of the molecule is CCOc1cccc(-c2nc(CNC)cc(=O)[nH]2)c1. The highest BCUT2D eigenvalue weighted by Crippen LogP contribution is 2.20. The summed E-state index contributed by atoms with van der Waals surface area (Å²) in [5, 5.41) is 2.98. The van der Waals surface area contributed by atoms with E-state index in [4.69, 9.17) is 4.74 Å². The summed E-state index contributed by atoms with van der Waals surface area (Å²) in [5.41, 5.74) is 1.39. The molecule has 0 atom stereocenters. The molecule has 0 spiro atoms. The van der Waals surface area contributed by atoms with Crippen molar-refractivity contribution < 1.29 is 4.74 Å². The van der Waals surface area contributed by atoms with Crippen LogP contribution in [0.5, 0.6) is 5.75 Å². The molecule has 0 saturated heterocycles. The second-order valence-corrected chi connectivity index (χ2v) is 4.08. The summed E-state index contributed by atoms with van der Waals surface area (Å²) >= 11 is 0. The maximum atomic E-state index is 11.6. The Balaban J connectivity index is 2.40. The van der Waals surface area contributed by atoms with Crippen molar-refractivity contribution >= 4 is 0 Å². The summed E-state index contributed by atoms with van der Waals surface area (Å²) in [7, 11) is 1.82. The molecule has 19 heavy (non-hydrogen) atoms. The lowest BCUT2D eigenvalue weighted by atomic mass is 10.2. The van der Waals surface area contributed by atoms with Gasteiger partial charge in [0.15, 0.2) is 0 Å². The fraction of sp³-hybridized carbons (Fsp3) is 0.286. The molecule has 5 heteroatoms. The molecule has 5 nitrogen and oxygen atoms in total. The number of benzene rings is 1. The van der Waals surface area contributed by atoms with Crippen molar-refractivity contribution in [3.8, 4) is 17.1 Å². The summed E-state index contributed by atoms with van der Waals surface area (Å²) in [6.45, 7) is 3.09. The van der Waals surface area contributed by atoms with E-state index >= 15 is 0 Å². The lowest BCUT2D eigenvalue weighted by molar-refractivity contribution is 0.340. The highest BCUT2D eigenvalue weighted by molar-refractivity contribution is 5.57. The van der Waals surface area contributed by atoms with E-state index in [0.717, 1.165) is 11.3 Å². The van der Waals surface area contributed by atoms with E-state index < -0.39 is 0 Å². The standard InChI is InChI=1S/C14H17N3O2/c1-3-19-12-6-4-5-10(7-12)14-16-11(9-15-2)8-13(18)17-14/h4-8,15H,3,9H2,1-2H3,(H,16,17,18). The molecule has 0 radical (unpaired) electrons. The van der Waals surface area contributed by atoms with Gasteiger partial charge in [-0.3, -0.25) is 4.79 Å². The zero-order valence-corrected chi connectivity index (χ0v) is 11.1. The largest absolute Gasteiger partial charge is 0.494 e. The van der Waals surface area contributed by atoms with E-state index in [9.17, 15) is 4.79 Å². The van der Waals surface area contributed by atoms with Gasteiger partial charge >= 0.3 is 0 Å². The average molecular weight is 259 g/mol. The Morgan fingerprint density at radius 3 is 2.95 bits per heavy atom. The number of hydrogen-bond acceptors (Lipinski definition) is 4. The van der Waals surface area contributed by atoms with Gasteiger partial charge in [-0.25, -0.2) is 4.98 Å². The van der Waals surface area contributed by atoms with Gasteiger partial charge < -0.3 is 15.0 Å². The minimum atomic E-state index is -0.155.